The third-order valence-corrected chi connectivity index (χ3v) is 3.30. The van der Waals surface area contributed by atoms with Crippen molar-refractivity contribution in [2.24, 2.45) is 0 Å². The van der Waals surface area contributed by atoms with Crippen molar-refractivity contribution in [3.63, 3.8) is 0 Å². The van der Waals surface area contributed by atoms with Crippen LogP contribution < -0.4 is 0 Å². The van der Waals surface area contributed by atoms with E-state index in [1.807, 2.05) is 12.2 Å². The molecule has 1 amide bonds. The molecule has 2 unspecified atom stereocenters. The number of terminal acetylenes is 1. The average Bonchev–Trinajstić information content (AvgIpc) is 2.69. The lowest BCUT2D eigenvalue weighted by Gasteiger charge is -2.19. The molecule has 0 spiro atoms. The summed E-state index contributed by atoms with van der Waals surface area (Å²) in [6, 6.07) is 0.0642. The van der Waals surface area contributed by atoms with Crippen molar-refractivity contribution in [1.29, 1.82) is 0 Å². The molecule has 1 N–H and O–H groups in total. The lowest BCUT2D eigenvalue weighted by molar-refractivity contribution is -0.127. The zero-order valence-electron chi connectivity index (χ0n) is 11.1. The first kappa shape index (κ1) is 14.8. The standard InChI is InChI=1S/C15H23NO2/c1-3-5-6-7-14(17)10-8-13-9-11-15(18)16(13)12-4-2/h2,8,10,13-14,17H,3,5-7,9,11-12H2,1H3/b10-8+. The number of amides is 1. The van der Waals surface area contributed by atoms with Gasteiger partial charge in [-0.2, -0.15) is 0 Å². The highest BCUT2D eigenvalue weighted by molar-refractivity contribution is 5.79. The van der Waals surface area contributed by atoms with Crippen LogP contribution in [0.4, 0.5) is 0 Å². The van der Waals surface area contributed by atoms with Gasteiger partial charge in [0.25, 0.3) is 0 Å². The SMILES string of the molecule is C#CCN1C(=O)CCC1/C=C/C(O)CCCCC. The van der Waals surface area contributed by atoms with Crippen LogP contribution in [0.15, 0.2) is 12.2 Å². The first-order valence-electron chi connectivity index (χ1n) is 6.78. The van der Waals surface area contributed by atoms with E-state index in [1.165, 1.54) is 0 Å². The van der Waals surface area contributed by atoms with Crippen molar-refractivity contribution in [3.8, 4) is 12.3 Å². The highest BCUT2D eigenvalue weighted by Gasteiger charge is 2.28. The Hall–Kier alpha value is -1.27. The number of aliphatic hydroxyl groups is 1. The lowest BCUT2D eigenvalue weighted by atomic mass is 10.1. The van der Waals surface area contributed by atoms with Gasteiger partial charge in [-0.1, -0.05) is 44.3 Å². The van der Waals surface area contributed by atoms with E-state index in [-0.39, 0.29) is 11.9 Å². The summed E-state index contributed by atoms with van der Waals surface area (Å²) in [5.74, 6) is 2.62. The predicted molar refractivity (Wildman–Crippen MR) is 72.9 cm³/mol. The average molecular weight is 249 g/mol. The number of hydrogen-bond acceptors (Lipinski definition) is 2. The molecular weight excluding hydrogens is 226 g/mol. The minimum absolute atomic E-state index is 0.0642. The molecule has 0 aromatic carbocycles. The Morgan fingerprint density at radius 3 is 3.06 bits per heavy atom. The molecule has 0 bridgehead atoms. The van der Waals surface area contributed by atoms with Crippen molar-refractivity contribution in [1.82, 2.24) is 4.90 Å². The Labute approximate surface area is 110 Å². The lowest BCUT2D eigenvalue weighted by Crippen LogP contribution is -2.32. The molecule has 1 saturated heterocycles. The largest absolute Gasteiger partial charge is 0.389 e. The highest BCUT2D eigenvalue weighted by atomic mass is 16.3. The van der Waals surface area contributed by atoms with Gasteiger partial charge >= 0.3 is 0 Å². The van der Waals surface area contributed by atoms with Gasteiger partial charge < -0.3 is 10.0 Å². The van der Waals surface area contributed by atoms with Crippen LogP contribution in [0, 0.1) is 12.3 Å². The molecule has 0 saturated carbocycles. The highest BCUT2D eigenvalue weighted by Crippen LogP contribution is 2.19. The number of nitrogens with zero attached hydrogens (tertiary/aromatic N) is 1. The summed E-state index contributed by atoms with van der Waals surface area (Å²) in [5, 5.41) is 9.79. The molecule has 1 fully saturated rings. The number of rotatable bonds is 7. The Morgan fingerprint density at radius 2 is 2.39 bits per heavy atom. The summed E-state index contributed by atoms with van der Waals surface area (Å²) in [4.78, 5) is 13.3. The summed E-state index contributed by atoms with van der Waals surface area (Å²) in [7, 11) is 0. The first-order valence-corrected chi connectivity index (χ1v) is 6.78. The second kappa shape index (κ2) is 7.94. The van der Waals surface area contributed by atoms with Gasteiger partial charge in [-0.05, 0) is 12.8 Å². The third-order valence-electron chi connectivity index (χ3n) is 3.30. The second-order valence-corrected chi connectivity index (χ2v) is 4.78. The van der Waals surface area contributed by atoms with Gasteiger partial charge in [0.1, 0.15) is 0 Å². The molecular formula is C15H23NO2. The van der Waals surface area contributed by atoms with Crippen LogP contribution >= 0.6 is 0 Å². The van der Waals surface area contributed by atoms with E-state index >= 15 is 0 Å². The number of carbonyl (C=O) groups excluding carboxylic acids is 1. The van der Waals surface area contributed by atoms with Gasteiger partial charge in [0.15, 0.2) is 0 Å². The smallest absolute Gasteiger partial charge is 0.223 e. The van der Waals surface area contributed by atoms with Gasteiger partial charge in [0, 0.05) is 6.42 Å². The van der Waals surface area contributed by atoms with Crippen LogP contribution in [0.1, 0.15) is 45.4 Å². The van der Waals surface area contributed by atoms with E-state index in [1.54, 1.807) is 4.90 Å². The molecule has 1 rings (SSSR count). The van der Waals surface area contributed by atoms with Gasteiger partial charge in [0.05, 0.1) is 18.7 Å². The van der Waals surface area contributed by atoms with Gasteiger partial charge in [-0.25, -0.2) is 0 Å². The molecule has 0 aromatic rings. The summed E-state index contributed by atoms with van der Waals surface area (Å²) in [6.07, 6.45) is 14.1. The molecule has 2 atom stereocenters. The van der Waals surface area contributed by atoms with Crippen LogP contribution in [0.2, 0.25) is 0 Å². The third kappa shape index (κ3) is 4.54. The van der Waals surface area contributed by atoms with Gasteiger partial charge in [0.2, 0.25) is 5.91 Å². The van der Waals surface area contributed by atoms with Crippen molar-refractivity contribution in [3.05, 3.63) is 12.2 Å². The summed E-state index contributed by atoms with van der Waals surface area (Å²) < 4.78 is 0. The summed E-state index contributed by atoms with van der Waals surface area (Å²) in [5.41, 5.74) is 0. The van der Waals surface area contributed by atoms with E-state index in [0.29, 0.717) is 13.0 Å². The molecule has 0 aromatic heterocycles. The van der Waals surface area contributed by atoms with Crippen molar-refractivity contribution in [2.75, 3.05) is 6.54 Å². The van der Waals surface area contributed by atoms with Crippen LogP contribution in [-0.4, -0.2) is 34.6 Å². The van der Waals surface area contributed by atoms with E-state index < -0.39 is 6.10 Å². The minimum atomic E-state index is -0.403. The van der Waals surface area contributed by atoms with Crippen LogP contribution in [0.25, 0.3) is 0 Å². The van der Waals surface area contributed by atoms with E-state index in [4.69, 9.17) is 6.42 Å². The summed E-state index contributed by atoms with van der Waals surface area (Å²) >= 11 is 0. The minimum Gasteiger partial charge on any atom is -0.389 e. The van der Waals surface area contributed by atoms with Crippen LogP contribution in [0.5, 0.6) is 0 Å². The molecule has 18 heavy (non-hydrogen) atoms. The number of hydrogen-bond donors (Lipinski definition) is 1. The van der Waals surface area contributed by atoms with E-state index in [0.717, 1.165) is 32.1 Å². The first-order chi connectivity index (χ1) is 8.69. The van der Waals surface area contributed by atoms with Crippen molar-refractivity contribution in [2.45, 2.75) is 57.6 Å². The van der Waals surface area contributed by atoms with E-state index in [9.17, 15) is 9.90 Å². The quantitative estimate of drug-likeness (QED) is 0.426. The zero-order valence-corrected chi connectivity index (χ0v) is 11.1. The van der Waals surface area contributed by atoms with Crippen LogP contribution in [-0.2, 0) is 4.79 Å². The summed E-state index contributed by atoms with van der Waals surface area (Å²) in [6.45, 7) is 2.50. The Balaban J connectivity index is 2.40. The fourth-order valence-electron chi connectivity index (χ4n) is 2.22. The normalized spacial score (nSPS) is 21.5. The molecule has 1 aliphatic heterocycles. The topological polar surface area (TPSA) is 40.5 Å². The van der Waals surface area contributed by atoms with Gasteiger partial charge in [-0.3, -0.25) is 4.79 Å². The predicted octanol–water partition coefficient (Wildman–Crippen LogP) is 2.11. The number of likely N-dealkylation sites (tertiary alicyclic amines) is 1. The number of carbonyl (C=O) groups is 1. The van der Waals surface area contributed by atoms with Crippen molar-refractivity contribution < 1.29 is 9.90 Å². The molecule has 1 aliphatic rings. The molecule has 100 valence electrons. The van der Waals surface area contributed by atoms with Gasteiger partial charge in [-0.15, -0.1) is 6.42 Å². The molecule has 3 nitrogen and oxygen atoms in total. The maximum Gasteiger partial charge on any atom is 0.223 e. The Morgan fingerprint density at radius 1 is 1.61 bits per heavy atom. The second-order valence-electron chi connectivity index (χ2n) is 4.78. The monoisotopic (exact) mass is 249 g/mol. The van der Waals surface area contributed by atoms with Crippen LogP contribution in [0.3, 0.4) is 0 Å². The fraction of sp³-hybridized carbons (Fsp3) is 0.667. The van der Waals surface area contributed by atoms with Crippen molar-refractivity contribution >= 4 is 5.91 Å². The maximum absolute atomic E-state index is 11.6. The number of unbranched alkanes of at least 4 members (excludes halogenated alkanes) is 2. The van der Waals surface area contributed by atoms with E-state index in [2.05, 4.69) is 12.8 Å². The zero-order chi connectivity index (χ0) is 13.4. The molecule has 0 aliphatic carbocycles. The molecule has 1 heterocycles. The Bertz CT molecular complexity index is 330. The molecule has 3 heteroatoms. The maximum atomic E-state index is 11.6. The molecule has 0 radical (unpaired) electrons. The number of aliphatic hydroxyl groups excluding tert-OH is 1. The Kier molecular flexibility index (Phi) is 6.53. The fourth-order valence-corrected chi connectivity index (χ4v) is 2.22.